The molecule has 1 saturated heterocycles. The maximum absolute atomic E-state index is 12.6. The first kappa shape index (κ1) is 17.5. The van der Waals surface area contributed by atoms with E-state index < -0.39 is 0 Å². The summed E-state index contributed by atoms with van der Waals surface area (Å²) in [6.45, 7) is 7.03. The minimum absolute atomic E-state index is 0.0476. The maximum Gasteiger partial charge on any atom is 0.289 e. The number of rotatable bonds is 5. The van der Waals surface area contributed by atoms with Gasteiger partial charge in [0.1, 0.15) is 5.58 Å². The topological polar surface area (TPSA) is 65.8 Å². The first-order valence-corrected chi connectivity index (χ1v) is 8.86. The van der Waals surface area contributed by atoms with Crippen molar-refractivity contribution < 1.29 is 14.0 Å². The van der Waals surface area contributed by atoms with Crippen molar-refractivity contribution in [1.29, 1.82) is 0 Å². The molecule has 25 heavy (non-hydrogen) atoms. The molecule has 134 valence electrons. The molecule has 2 heterocycles. The van der Waals surface area contributed by atoms with Crippen LogP contribution < -0.4 is 5.32 Å². The molecule has 1 aliphatic rings. The highest BCUT2D eigenvalue weighted by Crippen LogP contribution is 2.20. The number of piperazine rings is 1. The van der Waals surface area contributed by atoms with Crippen LogP contribution in [-0.2, 0) is 4.79 Å². The van der Waals surface area contributed by atoms with Gasteiger partial charge in [0, 0.05) is 37.6 Å². The quantitative estimate of drug-likeness (QED) is 0.903. The second-order valence-electron chi connectivity index (χ2n) is 6.59. The molecule has 0 bridgehead atoms. The molecule has 1 fully saturated rings. The van der Waals surface area contributed by atoms with Crippen LogP contribution >= 0.6 is 0 Å². The monoisotopic (exact) mass is 343 g/mol. The number of carbonyl (C=O) groups excluding carboxylic acids is 2. The van der Waals surface area contributed by atoms with Gasteiger partial charge in [0.05, 0.1) is 6.54 Å². The lowest BCUT2D eigenvalue weighted by Gasteiger charge is -2.34. The van der Waals surface area contributed by atoms with Crippen molar-refractivity contribution in [3.63, 3.8) is 0 Å². The Labute approximate surface area is 147 Å². The van der Waals surface area contributed by atoms with Crippen molar-refractivity contribution in [2.24, 2.45) is 0 Å². The Morgan fingerprint density at radius 3 is 2.60 bits per heavy atom. The smallest absolute Gasteiger partial charge is 0.289 e. The molecule has 3 rings (SSSR count). The number of carbonyl (C=O) groups is 2. The van der Waals surface area contributed by atoms with Gasteiger partial charge in [0.2, 0.25) is 5.91 Å². The van der Waals surface area contributed by atoms with Gasteiger partial charge in [-0.2, -0.15) is 0 Å². The van der Waals surface area contributed by atoms with E-state index in [4.69, 9.17) is 4.42 Å². The fraction of sp³-hybridized carbons (Fsp3) is 0.474. The average Bonchev–Trinajstić information content (AvgIpc) is 3.05. The highest BCUT2D eigenvalue weighted by molar-refractivity contribution is 5.96. The van der Waals surface area contributed by atoms with Gasteiger partial charge < -0.3 is 14.6 Å². The van der Waals surface area contributed by atoms with Gasteiger partial charge in [0.15, 0.2) is 5.76 Å². The lowest BCUT2D eigenvalue weighted by molar-refractivity contribution is -0.123. The molecule has 0 saturated carbocycles. The van der Waals surface area contributed by atoms with Crippen LogP contribution in [0.4, 0.5) is 0 Å². The van der Waals surface area contributed by atoms with Crippen molar-refractivity contribution in [3.8, 4) is 0 Å². The van der Waals surface area contributed by atoms with E-state index in [2.05, 4.69) is 10.2 Å². The summed E-state index contributed by atoms with van der Waals surface area (Å²) in [4.78, 5) is 28.5. The van der Waals surface area contributed by atoms with E-state index >= 15 is 0 Å². The molecule has 2 amide bonds. The number of nitrogens with zero attached hydrogens (tertiary/aromatic N) is 2. The summed E-state index contributed by atoms with van der Waals surface area (Å²) in [7, 11) is 0. The predicted octanol–water partition coefficient (Wildman–Crippen LogP) is 2.11. The average molecular weight is 343 g/mol. The molecule has 0 aliphatic carbocycles. The molecule has 6 nitrogen and oxygen atoms in total. The van der Waals surface area contributed by atoms with Crippen molar-refractivity contribution in [2.45, 2.75) is 26.3 Å². The van der Waals surface area contributed by atoms with Gasteiger partial charge in [-0.15, -0.1) is 0 Å². The second-order valence-corrected chi connectivity index (χ2v) is 6.59. The van der Waals surface area contributed by atoms with E-state index in [1.165, 1.54) is 0 Å². The summed E-state index contributed by atoms with van der Waals surface area (Å²) in [6, 6.07) is 9.61. The Hall–Kier alpha value is -2.34. The van der Waals surface area contributed by atoms with Crippen LogP contribution in [0.25, 0.3) is 11.0 Å². The fourth-order valence-corrected chi connectivity index (χ4v) is 2.98. The number of fused-ring (bicyclic) bond motifs is 1. The lowest BCUT2D eigenvalue weighted by atomic mass is 10.2. The molecule has 1 N–H and O–H groups in total. The third-order valence-corrected chi connectivity index (χ3v) is 4.68. The summed E-state index contributed by atoms with van der Waals surface area (Å²) in [6.07, 6.45) is 0.922. The molecular formula is C19H25N3O3. The summed E-state index contributed by atoms with van der Waals surface area (Å²) in [5.41, 5.74) is 0.728. The zero-order chi connectivity index (χ0) is 17.8. The third-order valence-electron chi connectivity index (χ3n) is 4.68. The lowest BCUT2D eigenvalue weighted by Crippen LogP contribution is -2.51. The minimum atomic E-state index is -0.0834. The van der Waals surface area contributed by atoms with Crippen LogP contribution in [0.5, 0.6) is 0 Å². The van der Waals surface area contributed by atoms with E-state index in [1.807, 2.05) is 38.1 Å². The maximum atomic E-state index is 12.6. The van der Waals surface area contributed by atoms with Crippen LogP contribution in [0.2, 0.25) is 0 Å². The number of furan rings is 1. The molecule has 6 heteroatoms. The molecule has 1 aliphatic heterocycles. The molecule has 0 spiro atoms. The number of amides is 2. The largest absolute Gasteiger partial charge is 0.451 e. The van der Waals surface area contributed by atoms with Gasteiger partial charge >= 0.3 is 0 Å². The zero-order valence-corrected chi connectivity index (χ0v) is 14.8. The summed E-state index contributed by atoms with van der Waals surface area (Å²) >= 11 is 0. The van der Waals surface area contributed by atoms with E-state index in [0.29, 0.717) is 38.5 Å². The Kier molecular flexibility index (Phi) is 5.38. The van der Waals surface area contributed by atoms with Gasteiger partial charge in [0.25, 0.3) is 5.91 Å². The predicted molar refractivity (Wildman–Crippen MR) is 96.5 cm³/mol. The van der Waals surface area contributed by atoms with Crippen LogP contribution in [0.1, 0.15) is 30.8 Å². The number of nitrogens with one attached hydrogen (secondary N) is 1. The van der Waals surface area contributed by atoms with E-state index in [0.717, 1.165) is 17.4 Å². The van der Waals surface area contributed by atoms with Crippen molar-refractivity contribution in [2.75, 3.05) is 32.7 Å². The molecule has 1 aromatic heterocycles. The van der Waals surface area contributed by atoms with Crippen LogP contribution in [-0.4, -0.2) is 60.4 Å². The number of hydrogen-bond acceptors (Lipinski definition) is 4. The summed E-state index contributed by atoms with van der Waals surface area (Å²) < 4.78 is 5.66. The molecule has 2 aromatic rings. The Morgan fingerprint density at radius 2 is 1.92 bits per heavy atom. The minimum Gasteiger partial charge on any atom is -0.451 e. The van der Waals surface area contributed by atoms with Crippen molar-refractivity contribution >= 4 is 22.8 Å². The number of para-hydroxylation sites is 1. The molecule has 1 aromatic carbocycles. The number of hydrogen-bond donors (Lipinski definition) is 1. The van der Waals surface area contributed by atoms with Crippen LogP contribution in [0, 0.1) is 0 Å². The van der Waals surface area contributed by atoms with Gasteiger partial charge in [-0.3, -0.25) is 14.5 Å². The number of benzene rings is 1. The Balaban J connectivity index is 1.53. The van der Waals surface area contributed by atoms with Crippen LogP contribution in [0.15, 0.2) is 34.7 Å². The Bertz CT molecular complexity index is 714. The summed E-state index contributed by atoms with van der Waals surface area (Å²) in [5, 5.41) is 3.91. The Morgan fingerprint density at radius 1 is 1.20 bits per heavy atom. The SMILES string of the molecule is CCC(C)NC(=O)CN1CCN(C(=O)c2cc3ccccc3o2)CC1. The second kappa shape index (κ2) is 7.70. The van der Waals surface area contributed by atoms with E-state index in [1.54, 1.807) is 11.0 Å². The summed E-state index contributed by atoms with van der Waals surface area (Å²) in [5.74, 6) is 0.343. The third kappa shape index (κ3) is 4.20. The first-order chi connectivity index (χ1) is 12.1. The van der Waals surface area contributed by atoms with Crippen molar-refractivity contribution in [1.82, 2.24) is 15.1 Å². The molecular weight excluding hydrogens is 318 g/mol. The van der Waals surface area contributed by atoms with E-state index in [9.17, 15) is 9.59 Å². The molecule has 1 unspecified atom stereocenters. The normalized spacial score (nSPS) is 16.8. The highest BCUT2D eigenvalue weighted by atomic mass is 16.3. The van der Waals surface area contributed by atoms with Crippen molar-refractivity contribution in [3.05, 3.63) is 36.1 Å². The van der Waals surface area contributed by atoms with E-state index in [-0.39, 0.29) is 17.9 Å². The first-order valence-electron chi connectivity index (χ1n) is 8.86. The highest BCUT2D eigenvalue weighted by Gasteiger charge is 2.25. The standard InChI is InChI=1S/C19H25N3O3/c1-3-14(2)20-18(23)13-21-8-10-22(11-9-21)19(24)17-12-15-6-4-5-7-16(15)25-17/h4-7,12,14H,3,8-11,13H2,1-2H3,(H,20,23). The van der Waals surface area contributed by atoms with Gasteiger partial charge in [-0.1, -0.05) is 25.1 Å². The molecule has 1 atom stereocenters. The molecule has 0 radical (unpaired) electrons. The zero-order valence-electron chi connectivity index (χ0n) is 14.8. The van der Waals surface area contributed by atoms with Gasteiger partial charge in [-0.25, -0.2) is 0 Å². The van der Waals surface area contributed by atoms with Gasteiger partial charge in [-0.05, 0) is 25.5 Å². The van der Waals surface area contributed by atoms with Crippen LogP contribution in [0.3, 0.4) is 0 Å². The fourth-order valence-electron chi connectivity index (χ4n) is 2.98.